The molecule has 1 rings (SSSR count). The topological polar surface area (TPSA) is 115 Å². The van der Waals surface area contributed by atoms with Gasteiger partial charge in [0.1, 0.15) is 0 Å². The van der Waals surface area contributed by atoms with Crippen LogP contribution in [-0.2, 0) is 10.0 Å². The Hall–Kier alpha value is -1.60. The lowest BCUT2D eigenvalue weighted by Gasteiger charge is -2.20. The average molecular weight is 285 g/mol. The number of benzene rings is 1. The van der Waals surface area contributed by atoms with Crippen LogP contribution in [0.3, 0.4) is 0 Å². The Labute approximate surface area is 113 Å². The molecule has 0 aliphatic heterocycles. The van der Waals surface area contributed by atoms with Gasteiger partial charge in [0, 0.05) is 22.9 Å². The Bertz CT molecular complexity index is 582. The van der Waals surface area contributed by atoms with Crippen LogP contribution in [0.4, 0.5) is 5.69 Å². The van der Waals surface area contributed by atoms with Crippen LogP contribution in [0.2, 0.25) is 0 Å². The van der Waals surface area contributed by atoms with E-state index in [1.54, 1.807) is 32.9 Å². The summed E-state index contributed by atoms with van der Waals surface area (Å²) in [5.74, 6) is -0.641. The largest absolute Gasteiger partial charge is 0.398 e. The monoisotopic (exact) mass is 285 g/mol. The summed E-state index contributed by atoms with van der Waals surface area (Å²) in [7, 11) is -3.46. The molecular formula is C12H19N3O3S. The Kier molecular flexibility index (Phi) is 4.54. The van der Waals surface area contributed by atoms with Crippen molar-refractivity contribution in [2.45, 2.75) is 32.1 Å². The number of anilines is 1. The van der Waals surface area contributed by atoms with Gasteiger partial charge in [0.25, 0.3) is 0 Å². The predicted octanol–water partition coefficient (Wildman–Crippen LogP) is 0.756. The molecule has 1 aromatic rings. The molecule has 5 N–H and O–H groups in total. The highest BCUT2D eigenvalue weighted by atomic mass is 32.2. The van der Waals surface area contributed by atoms with Crippen molar-refractivity contribution in [3.05, 3.63) is 29.3 Å². The first-order valence-electron chi connectivity index (χ1n) is 5.86. The Morgan fingerprint density at radius 3 is 2.32 bits per heavy atom. The van der Waals surface area contributed by atoms with Gasteiger partial charge in [0.15, 0.2) is 0 Å². The van der Waals surface area contributed by atoms with Crippen molar-refractivity contribution in [3.63, 3.8) is 0 Å². The number of hydrogen-bond donors (Lipinski definition) is 3. The molecule has 1 atom stereocenters. The first-order valence-corrected chi connectivity index (χ1v) is 7.40. The molecule has 1 amide bonds. The normalized spacial score (nSPS) is 13.5. The molecule has 7 heteroatoms. The number of primary amides is 1. The third-order valence-electron chi connectivity index (χ3n) is 2.80. The van der Waals surface area contributed by atoms with Crippen LogP contribution in [0.5, 0.6) is 0 Å². The van der Waals surface area contributed by atoms with Crippen LogP contribution < -0.4 is 16.2 Å². The summed E-state index contributed by atoms with van der Waals surface area (Å²) in [6.45, 7) is 4.76. The van der Waals surface area contributed by atoms with Gasteiger partial charge in [-0.1, -0.05) is 6.07 Å². The molecule has 0 heterocycles. The highest BCUT2D eigenvalue weighted by molar-refractivity contribution is 7.90. The molecule has 6 nitrogen and oxygen atoms in total. The van der Waals surface area contributed by atoms with Gasteiger partial charge in [-0.2, -0.15) is 0 Å². The molecule has 1 aromatic carbocycles. The van der Waals surface area contributed by atoms with Crippen molar-refractivity contribution in [2.24, 2.45) is 5.73 Å². The van der Waals surface area contributed by atoms with E-state index in [-0.39, 0.29) is 5.56 Å². The van der Waals surface area contributed by atoms with E-state index >= 15 is 0 Å². The molecule has 1 unspecified atom stereocenters. The molecule has 0 aliphatic carbocycles. The maximum Gasteiger partial charge on any atom is 0.249 e. The van der Waals surface area contributed by atoms with E-state index in [2.05, 4.69) is 4.72 Å². The second-order valence-electron chi connectivity index (χ2n) is 4.61. The van der Waals surface area contributed by atoms with Crippen molar-refractivity contribution in [1.82, 2.24) is 4.72 Å². The summed E-state index contributed by atoms with van der Waals surface area (Å²) in [4.78, 5) is 11.4. The van der Waals surface area contributed by atoms with Crippen LogP contribution in [0.1, 0.15) is 42.7 Å². The zero-order valence-electron chi connectivity index (χ0n) is 11.2. The van der Waals surface area contributed by atoms with E-state index < -0.39 is 27.2 Å². The summed E-state index contributed by atoms with van der Waals surface area (Å²) in [6, 6.07) is 4.09. The molecule has 0 saturated carbocycles. The average Bonchev–Trinajstić information content (AvgIpc) is 2.27. The van der Waals surface area contributed by atoms with Gasteiger partial charge in [-0.15, -0.1) is 0 Å². The van der Waals surface area contributed by atoms with Crippen molar-refractivity contribution >= 4 is 21.6 Å². The van der Waals surface area contributed by atoms with E-state index in [1.165, 1.54) is 6.07 Å². The third kappa shape index (κ3) is 3.45. The second kappa shape index (κ2) is 5.58. The van der Waals surface area contributed by atoms with Crippen LogP contribution in [0, 0.1) is 0 Å². The van der Waals surface area contributed by atoms with Crippen LogP contribution in [0.15, 0.2) is 18.2 Å². The minimum Gasteiger partial charge on any atom is -0.398 e. The number of carbonyl (C=O) groups is 1. The molecule has 0 spiro atoms. The van der Waals surface area contributed by atoms with Gasteiger partial charge in [0.2, 0.25) is 15.9 Å². The minimum absolute atomic E-state index is 0.221. The highest BCUT2D eigenvalue weighted by Crippen LogP contribution is 2.25. The molecule has 106 valence electrons. The molecule has 0 aliphatic rings. The van der Waals surface area contributed by atoms with Gasteiger partial charge in [-0.25, -0.2) is 13.1 Å². The minimum atomic E-state index is -3.46. The van der Waals surface area contributed by atoms with Crippen molar-refractivity contribution < 1.29 is 13.2 Å². The Morgan fingerprint density at radius 2 is 1.84 bits per heavy atom. The summed E-state index contributed by atoms with van der Waals surface area (Å²) in [5.41, 5.74) is 12.0. The number of carbonyl (C=O) groups excluding carboxylic acids is 1. The quantitative estimate of drug-likeness (QED) is 0.692. The first-order chi connectivity index (χ1) is 8.66. The van der Waals surface area contributed by atoms with Gasteiger partial charge >= 0.3 is 0 Å². The van der Waals surface area contributed by atoms with Crippen LogP contribution in [-0.4, -0.2) is 19.6 Å². The van der Waals surface area contributed by atoms with Gasteiger partial charge in [-0.3, -0.25) is 4.79 Å². The standard InChI is InChI=1S/C12H19N3O3S/c1-7(2)19(17,18)15-8(3)11-9(12(14)16)5-4-6-10(11)13/h4-8,15H,13H2,1-3H3,(H2,14,16). The third-order valence-corrected chi connectivity index (χ3v) is 4.72. The highest BCUT2D eigenvalue weighted by Gasteiger charge is 2.23. The lowest BCUT2D eigenvalue weighted by Crippen LogP contribution is -2.34. The van der Waals surface area contributed by atoms with E-state index in [9.17, 15) is 13.2 Å². The van der Waals surface area contributed by atoms with Crippen molar-refractivity contribution in [1.29, 1.82) is 0 Å². The summed E-state index contributed by atoms with van der Waals surface area (Å²) in [6.07, 6.45) is 0. The smallest absolute Gasteiger partial charge is 0.249 e. The number of hydrogen-bond acceptors (Lipinski definition) is 4. The maximum absolute atomic E-state index is 11.8. The SMILES string of the molecule is CC(NS(=O)(=O)C(C)C)c1c(N)cccc1C(N)=O. The number of nitrogens with one attached hydrogen (secondary N) is 1. The number of rotatable bonds is 5. The Morgan fingerprint density at radius 1 is 1.26 bits per heavy atom. The fourth-order valence-corrected chi connectivity index (χ4v) is 2.61. The molecule has 0 radical (unpaired) electrons. The maximum atomic E-state index is 11.8. The van der Waals surface area contributed by atoms with E-state index in [4.69, 9.17) is 11.5 Å². The van der Waals surface area contributed by atoms with Gasteiger partial charge < -0.3 is 11.5 Å². The van der Waals surface area contributed by atoms with Gasteiger partial charge in [0.05, 0.1) is 5.25 Å². The second-order valence-corrected chi connectivity index (χ2v) is 6.87. The first kappa shape index (κ1) is 15.5. The molecule has 0 fully saturated rings. The summed E-state index contributed by atoms with van der Waals surface area (Å²) in [5, 5.41) is -0.572. The van der Waals surface area contributed by atoms with Crippen LogP contribution in [0.25, 0.3) is 0 Å². The zero-order valence-corrected chi connectivity index (χ0v) is 12.0. The number of sulfonamides is 1. The Balaban J connectivity index is 3.20. The summed E-state index contributed by atoms with van der Waals surface area (Å²) < 4.78 is 26.2. The van der Waals surface area contributed by atoms with Crippen LogP contribution >= 0.6 is 0 Å². The zero-order chi connectivity index (χ0) is 14.8. The van der Waals surface area contributed by atoms with E-state index in [0.29, 0.717) is 11.3 Å². The number of nitrogen functional groups attached to an aromatic ring is 1. The van der Waals surface area contributed by atoms with Crippen molar-refractivity contribution in [2.75, 3.05) is 5.73 Å². The molecule has 0 saturated heterocycles. The number of nitrogens with two attached hydrogens (primary N) is 2. The summed E-state index contributed by atoms with van der Waals surface area (Å²) >= 11 is 0. The molecule has 0 bridgehead atoms. The van der Waals surface area contributed by atoms with E-state index in [1.807, 2.05) is 0 Å². The number of amides is 1. The van der Waals surface area contributed by atoms with E-state index in [0.717, 1.165) is 0 Å². The fourth-order valence-electron chi connectivity index (χ4n) is 1.72. The molecule has 0 aromatic heterocycles. The van der Waals surface area contributed by atoms with Gasteiger partial charge in [-0.05, 0) is 32.9 Å². The fraction of sp³-hybridized carbons (Fsp3) is 0.417. The molecular weight excluding hydrogens is 266 g/mol. The lowest BCUT2D eigenvalue weighted by atomic mass is 9.99. The predicted molar refractivity (Wildman–Crippen MR) is 75.0 cm³/mol. The van der Waals surface area contributed by atoms with Crippen molar-refractivity contribution in [3.8, 4) is 0 Å². The lowest BCUT2D eigenvalue weighted by molar-refractivity contribution is 0.0999. The molecule has 19 heavy (non-hydrogen) atoms.